The number of aromatic nitrogens is 3. The molecule has 164 valence electrons. The Kier molecular flexibility index (Phi) is 5.34. The van der Waals surface area contributed by atoms with Gasteiger partial charge in [-0.15, -0.1) is 0 Å². The number of anilines is 2. The highest BCUT2D eigenvalue weighted by atomic mass is 19.4. The maximum atomic E-state index is 13.7. The second-order valence-corrected chi connectivity index (χ2v) is 7.95. The molecule has 1 saturated heterocycles. The first-order valence-corrected chi connectivity index (χ1v) is 9.95. The Balaban J connectivity index is 1.58. The summed E-state index contributed by atoms with van der Waals surface area (Å²) in [7, 11) is 0. The quantitative estimate of drug-likeness (QED) is 0.663. The molecule has 7 nitrogen and oxygen atoms in total. The second-order valence-electron chi connectivity index (χ2n) is 7.95. The summed E-state index contributed by atoms with van der Waals surface area (Å²) in [5, 5.41) is 5.81. The fourth-order valence-corrected chi connectivity index (χ4v) is 3.97. The molecule has 1 aliphatic rings. The Morgan fingerprint density at radius 1 is 1.19 bits per heavy atom. The fraction of sp³-hybridized carbons (Fsp3) is 0.381. The van der Waals surface area contributed by atoms with Gasteiger partial charge in [0, 0.05) is 43.8 Å². The fourth-order valence-electron chi connectivity index (χ4n) is 3.97. The normalized spacial score (nSPS) is 19.6. The molecule has 1 aliphatic heterocycles. The number of fused-ring (bicyclic) bond motifs is 1. The van der Waals surface area contributed by atoms with Gasteiger partial charge in [0.05, 0.1) is 16.9 Å². The molecule has 4 heterocycles. The SMILES string of the molecule is Cc1cn2ccc(NC(=O)c3ccc(N4CC(C)NC(C)C4)nc3)c(C(F)(F)F)c2n1. The van der Waals surface area contributed by atoms with E-state index in [-0.39, 0.29) is 16.9 Å². The van der Waals surface area contributed by atoms with E-state index in [1.54, 1.807) is 19.1 Å². The van der Waals surface area contributed by atoms with Crippen LogP contribution in [0.25, 0.3) is 5.65 Å². The van der Waals surface area contributed by atoms with Crippen LogP contribution >= 0.6 is 0 Å². The van der Waals surface area contributed by atoms with Crippen molar-refractivity contribution < 1.29 is 18.0 Å². The van der Waals surface area contributed by atoms with Crippen LogP contribution in [0.2, 0.25) is 0 Å². The topological polar surface area (TPSA) is 74.6 Å². The van der Waals surface area contributed by atoms with E-state index in [9.17, 15) is 18.0 Å². The van der Waals surface area contributed by atoms with Crippen LogP contribution in [0.4, 0.5) is 24.7 Å². The summed E-state index contributed by atoms with van der Waals surface area (Å²) in [5.74, 6) is 0.0567. The average Bonchev–Trinajstić information content (AvgIpc) is 3.06. The number of halogens is 3. The van der Waals surface area contributed by atoms with Crippen molar-refractivity contribution in [3.05, 3.63) is 53.6 Å². The second kappa shape index (κ2) is 7.84. The summed E-state index contributed by atoms with van der Waals surface area (Å²) < 4.78 is 42.5. The highest BCUT2D eigenvalue weighted by molar-refractivity contribution is 6.05. The average molecular weight is 432 g/mol. The number of carbonyl (C=O) groups is 1. The van der Waals surface area contributed by atoms with Crippen LogP contribution in [-0.2, 0) is 6.18 Å². The van der Waals surface area contributed by atoms with Gasteiger partial charge in [-0.3, -0.25) is 4.79 Å². The third kappa shape index (κ3) is 4.34. The Morgan fingerprint density at radius 3 is 2.52 bits per heavy atom. The number of alkyl halides is 3. The minimum atomic E-state index is -4.68. The Labute approximate surface area is 177 Å². The van der Waals surface area contributed by atoms with E-state index >= 15 is 0 Å². The van der Waals surface area contributed by atoms with Gasteiger partial charge in [-0.2, -0.15) is 13.2 Å². The van der Waals surface area contributed by atoms with Crippen molar-refractivity contribution >= 4 is 23.1 Å². The molecule has 0 saturated carbocycles. The van der Waals surface area contributed by atoms with Gasteiger partial charge in [-0.1, -0.05) is 0 Å². The Bertz CT molecular complexity index is 1100. The summed E-state index contributed by atoms with van der Waals surface area (Å²) in [6, 6.07) is 5.11. The lowest BCUT2D eigenvalue weighted by molar-refractivity contribution is -0.136. The van der Waals surface area contributed by atoms with Crippen molar-refractivity contribution in [3.63, 3.8) is 0 Å². The third-order valence-electron chi connectivity index (χ3n) is 5.17. The number of amides is 1. The van der Waals surface area contributed by atoms with E-state index in [0.29, 0.717) is 17.8 Å². The van der Waals surface area contributed by atoms with Crippen molar-refractivity contribution in [2.24, 2.45) is 0 Å². The maximum Gasteiger partial charge on any atom is 0.421 e. The maximum absolute atomic E-state index is 13.7. The van der Waals surface area contributed by atoms with Crippen molar-refractivity contribution in [1.82, 2.24) is 19.7 Å². The number of pyridine rings is 2. The summed E-state index contributed by atoms with van der Waals surface area (Å²) in [6.45, 7) is 7.34. The lowest BCUT2D eigenvalue weighted by Gasteiger charge is -2.36. The smallest absolute Gasteiger partial charge is 0.354 e. The number of rotatable bonds is 3. The molecule has 4 rings (SSSR count). The van der Waals surface area contributed by atoms with E-state index in [4.69, 9.17) is 0 Å². The molecule has 2 atom stereocenters. The highest BCUT2D eigenvalue weighted by Gasteiger charge is 2.37. The number of nitrogens with zero attached hydrogens (tertiary/aromatic N) is 4. The van der Waals surface area contributed by atoms with Crippen molar-refractivity contribution in [3.8, 4) is 0 Å². The van der Waals surface area contributed by atoms with Crippen molar-refractivity contribution in [1.29, 1.82) is 0 Å². The number of piperazine rings is 1. The standard InChI is InChI=1S/C21H23F3N6O/c1-12-10-30(11-13(2)26-12)17-5-4-15(8-25-17)20(31)28-16-6-7-29-9-14(3)27-19(29)18(16)21(22,23)24/h4-9,12-13,26H,10-11H2,1-3H3,(H,28,31). The number of hydrogen-bond acceptors (Lipinski definition) is 5. The summed E-state index contributed by atoms with van der Waals surface area (Å²) >= 11 is 0. The number of nitrogens with one attached hydrogen (secondary N) is 2. The molecule has 3 aromatic heterocycles. The van der Waals surface area contributed by atoms with E-state index < -0.39 is 17.6 Å². The third-order valence-corrected chi connectivity index (χ3v) is 5.17. The van der Waals surface area contributed by atoms with Crippen LogP contribution in [0.15, 0.2) is 36.8 Å². The molecule has 0 spiro atoms. The van der Waals surface area contributed by atoms with Gasteiger partial charge in [0.1, 0.15) is 11.4 Å². The number of hydrogen-bond donors (Lipinski definition) is 2. The predicted molar refractivity (Wildman–Crippen MR) is 111 cm³/mol. The number of aryl methyl sites for hydroxylation is 1. The molecule has 0 aliphatic carbocycles. The molecule has 0 bridgehead atoms. The predicted octanol–water partition coefficient (Wildman–Crippen LogP) is 3.50. The zero-order valence-electron chi connectivity index (χ0n) is 17.4. The molecule has 10 heteroatoms. The Morgan fingerprint density at radius 2 is 1.90 bits per heavy atom. The molecule has 1 fully saturated rings. The van der Waals surface area contributed by atoms with Crippen LogP contribution in [0.5, 0.6) is 0 Å². The lowest BCUT2D eigenvalue weighted by atomic mass is 10.1. The van der Waals surface area contributed by atoms with Crippen LogP contribution in [0.1, 0.15) is 35.5 Å². The van der Waals surface area contributed by atoms with Crippen molar-refractivity contribution in [2.75, 3.05) is 23.3 Å². The molecule has 0 aromatic carbocycles. The van der Waals surface area contributed by atoms with Crippen LogP contribution in [-0.4, -0.2) is 45.4 Å². The number of carbonyl (C=O) groups excluding carboxylic acids is 1. The summed E-state index contributed by atoms with van der Waals surface area (Å²) in [4.78, 5) is 23.1. The van der Waals surface area contributed by atoms with Gasteiger partial charge in [0.2, 0.25) is 0 Å². The first kappa shape index (κ1) is 21.1. The van der Waals surface area contributed by atoms with E-state index in [1.807, 2.05) is 0 Å². The first-order chi connectivity index (χ1) is 14.6. The van der Waals surface area contributed by atoms with E-state index in [0.717, 1.165) is 18.9 Å². The first-order valence-electron chi connectivity index (χ1n) is 9.95. The summed E-state index contributed by atoms with van der Waals surface area (Å²) in [6.07, 6.45) is -0.362. The molecule has 2 unspecified atom stereocenters. The molecule has 2 N–H and O–H groups in total. The monoisotopic (exact) mass is 432 g/mol. The number of imidazole rings is 1. The molecule has 31 heavy (non-hydrogen) atoms. The largest absolute Gasteiger partial charge is 0.421 e. The van der Waals surface area contributed by atoms with Gasteiger partial charge in [-0.05, 0) is 39.0 Å². The van der Waals surface area contributed by atoms with E-state index in [2.05, 4.69) is 39.3 Å². The van der Waals surface area contributed by atoms with Gasteiger partial charge >= 0.3 is 6.18 Å². The molecular weight excluding hydrogens is 409 g/mol. The van der Waals surface area contributed by atoms with Crippen LogP contribution < -0.4 is 15.5 Å². The van der Waals surface area contributed by atoms with E-state index in [1.165, 1.54) is 29.1 Å². The van der Waals surface area contributed by atoms with Gasteiger partial charge in [-0.25, -0.2) is 9.97 Å². The van der Waals surface area contributed by atoms with Gasteiger partial charge < -0.3 is 19.9 Å². The molecule has 1 amide bonds. The molecule has 3 aromatic rings. The highest BCUT2D eigenvalue weighted by Crippen LogP contribution is 2.37. The minimum Gasteiger partial charge on any atom is -0.354 e. The zero-order valence-corrected chi connectivity index (χ0v) is 17.4. The molecular formula is C21H23F3N6O. The molecule has 0 radical (unpaired) electrons. The lowest BCUT2D eigenvalue weighted by Crippen LogP contribution is -2.54. The minimum absolute atomic E-state index is 0.174. The van der Waals surface area contributed by atoms with Gasteiger partial charge in [0.15, 0.2) is 5.65 Å². The van der Waals surface area contributed by atoms with Crippen LogP contribution in [0, 0.1) is 6.92 Å². The van der Waals surface area contributed by atoms with Gasteiger partial charge in [0.25, 0.3) is 5.91 Å². The van der Waals surface area contributed by atoms with Crippen LogP contribution in [0.3, 0.4) is 0 Å². The zero-order chi connectivity index (χ0) is 22.3. The Hall–Kier alpha value is -3.14. The van der Waals surface area contributed by atoms with Crippen molar-refractivity contribution in [2.45, 2.75) is 39.0 Å². The summed E-state index contributed by atoms with van der Waals surface area (Å²) in [5.41, 5.74) is -0.953.